The number of methoxy groups -OCH3 is 1. The van der Waals surface area contributed by atoms with Crippen molar-refractivity contribution in [2.24, 2.45) is 5.92 Å². The van der Waals surface area contributed by atoms with E-state index in [9.17, 15) is 4.79 Å². The molecule has 0 saturated carbocycles. The summed E-state index contributed by atoms with van der Waals surface area (Å²) in [5.41, 5.74) is 1.10. The highest BCUT2D eigenvalue weighted by Gasteiger charge is 2.23. The molecule has 1 aliphatic heterocycles. The second-order valence-corrected chi connectivity index (χ2v) is 6.78. The van der Waals surface area contributed by atoms with Crippen LogP contribution in [0, 0.1) is 5.92 Å². The summed E-state index contributed by atoms with van der Waals surface area (Å²) in [6, 6.07) is 5.61. The number of hydrogen-bond donors (Lipinski definition) is 1. The SMILES string of the molecule is COCCNCC(=O)N1CCC(Cc2cc(Cl)ccc2Cl)CC1. The molecule has 6 heteroatoms. The summed E-state index contributed by atoms with van der Waals surface area (Å²) in [5.74, 6) is 0.719. The summed E-state index contributed by atoms with van der Waals surface area (Å²) in [6.07, 6.45) is 2.94. The third kappa shape index (κ3) is 5.96. The molecule has 1 aliphatic rings. The Hall–Kier alpha value is -0.810. The molecule has 128 valence electrons. The molecule has 0 aliphatic carbocycles. The van der Waals surface area contributed by atoms with Crippen LogP contribution in [0.2, 0.25) is 10.0 Å². The molecule has 1 saturated heterocycles. The van der Waals surface area contributed by atoms with Crippen LogP contribution in [-0.2, 0) is 16.0 Å². The predicted octanol–water partition coefficient (Wildman–Crippen LogP) is 3.01. The first-order chi connectivity index (χ1) is 11.1. The lowest BCUT2D eigenvalue weighted by Gasteiger charge is -2.32. The Balaban J connectivity index is 1.75. The topological polar surface area (TPSA) is 41.6 Å². The summed E-state index contributed by atoms with van der Waals surface area (Å²) in [7, 11) is 1.65. The van der Waals surface area contributed by atoms with Gasteiger partial charge in [0.2, 0.25) is 5.91 Å². The molecule has 0 spiro atoms. The number of rotatable bonds is 7. The molecule has 1 fully saturated rings. The maximum atomic E-state index is 12.1. The molecule has 0 unspecified atom stereocenters. The van der Waals surface area contributed by atoms with Gasteiger partial charge in [0.1, 0.15) is 0 Å². The van der Waals surface area contributed by atoms with Gasteiger partial charge in [0, 0.05) is 36.8 Å². The number of hydrogen-bond acceptors (Lipinski definition) is 3. The molecule has 1 amide bonds. The average Bonchev–Trinajstić information content (AvgIpc) is 2.55. The van der Waals surface area contributed by atoms with Crippen LogP contribution in [-0.4, -0.2) is 50.7 Å². The zero-order valence-electron chi connectivity index (χ0n) is 13.5. The number of nitrogens with one attached hydrogen (secondary N) is 1. The van der Waals surface area contributed by atoms with Crippen LogP contribution >= 0.6 is 23.2 Å². The smallest absolute Gasteiger partial charge is 0.236 e. The number of carbonyl (C=O) groups excluding carboxylic acids is 1. The van der Waals surface area contributed by atoms with E-state index in [0.717, 1.165) is 48.0 Å². The van der Waals surface area contributed by atoms with Crippen molar-refractivity contribution < 1.29 is 9.53 Å². The van der Waals surface area contributed by atoms with Gasteiger partial charge in [-0.15, -0.1) is 0 Å². The quantitative estimate of drug-likeness (QED) is 0.761. The van der Waals surface area contributed by atoms with E-state index in [1.54, 1.807) is 7.11 Å². The summed E-state index contributed by atoms with van der Waals surface area (Å²) >= 11 is 12.3. The van der Waals surface area contributed by atoms with Gasteiger partial charge in [-0.2, -0.15) is 0 Å². The Morgan fingerprint density at radius 1 is 1.35 bits per heavy atom. The first-order valence-corrected chi connectivity index (χ1v) is 8.77. The molecule has 1 heterocycles. The number of amides is 1. The lowest BCUT2D eigenvalue weighted by atomic mass is 9.90. The third-order valence-electron chi connectivity index (χ3n) is 4.24. The second-order valence-electron chi connectivity index (χ2n) is 5.93. The van der Waals surface area contributed by atoms with Crippen LogP contribution in [0.1, 0.15) is 18.4 Å². The highest BCUT2D eigenvalue weighted by atomic mass is 35.5. The van der Waals surface area contributed by atoms with Gasteiger partial charge in [0.05, 0.1) is 13.2 Å². The van der Waals surface area contributed by atoms with E-state index in [-0.39, 0.29) is 5.91 Å². The minimum Gasteiger partial charge on any atom is -0.383 e. The Kier molecular flexibility index (Phi) is 7.63. The fourth-order valence-corrected chi connectivity index (χ4v) is 3.27. The molecule has 0 bridgehead atoms. The standard InChI is InChI=1S/C17H24Cl2N2O2/c1-23-9-6-20-12-17(22)21-7-4-13(5-8-21)10-14-11-15(18)2-3-16(14)19/h2-3,11,13,20H,4-10,12H2,1H3. The fourth-order valence-electron chi connectivity index (χ4n) is 2.88. The van der Waals surface area contributed by atoms with Gasteiger partial charge in [-0.3, -0.25) is 4.79 Å². The third-order valence-corrected chi connectivity index (χ3v) is 4.85. The lowest BCUT2D eigenvalue weighted by Crippen LogP contribution is -2.43. The summed E-state index contributed by atoms with van der Waals surface area (Å²) in [5, 5.41) is 4.59. The first kappa shape index (κ1) is 18.5. The van der Waals surface area contributed by atoms with Gasteiger partial charge in [0.15, 0.2) is 0 Å². The fraction of sp³-hybridized carbons (Fsp3) is 0.588. The Morgan fingerprint density at radius 3 is 2.78 bits per heavy atom. The molecule has 23 heavy (non-hydrogen) atoms. The molecule has 0 atom stereocenters. The Bertz CT molecular complexity index is 517. The molecule has 0 radical (unpaired) electrons. The molecular formula is C17H24Cl2N2O2. The number of carbonyl (C=O) groups is 1. The number of likely N-dealkylation sites (tertiary alicyclic amines) is 1. The predicted molar refractivity (Wildman–Crippen MR) is 94.2 cm³/mol. The van der Waals surface area contributed by atoms with E-state index in [1.807, 2.05) is 23.1 Å². The summed E-state index contributed by atoms with van der Waals surface area (Å²) < 4.78 is 4.95. The van der Waals surface area contributed by atoms with Crippen molar-refractivity contribution in [1.29, 1.82) is 0 Å². The van der Waals surface area contributed by atoms with Crippen LogP contribution in [0.4, 0.5) is 0 Å². The summed E-state index contributed by atoms with van der Waals surface area (Å²) in [4.78, 5) is 14.0. The van der Waals surface area contributed by atoms with E-state index in [1.165, 1.54) is 0 Å². The zero-order valence-corrected chi connectivity index (χ0v) is 15.0. The second kappa shape index (κ2) is 9.48. The molecule has 1 aromatic rings. The van der Waals surface area contributed by atoms with Crippen LogP contribution in [0.15, 0.2) is 18.2 Å². The average molecular weight is 359 g/mol. The van der Waals surface area contributed by atoms with E-state index >= 15 is 0 Å². The highest BCUT2D eigenvalue weighted by Crippen LogP contribution is 2.27. The van der Waals surface area contributed by atoms with Crippen molar-refractivity contribution >= 4 is 29.1 Å². The zero-order chi connectivity index (χ0) is 16.7. The van der Waals surface area contributed by atoms with Gasteiger partial charge in [0.25, 0.3) is 0 Å². The van der Waals surface area contributed by atoms with Crippen molar-refractivity contribution in [2.75, 3.05) is 39.9 Å². The Labute approximate surface area is 148 Å². The molecule has 1 N–H and O–H groups in total. The van der Waals surface area contributed by atoms with E-state index in [2.05, 4.69) is 5.32 Å². The molecule has 2 rings (SSSR count). The van der Waals surface area contributed by atoms with Crippen LogP contribution in [0.5, 0.6) is 0 Å². The Morgan fingerprint density at radius 2 is 2.09 bits per heavy atom. The minimum atomic E-state index is 0.167. The van der Waals surface area contributed by atoms with Crippen LogP contribution in [0.25, 0.3) is 0 Å². The van der Waals surface area contributed by atoms with Gasteiger partial charge >= 0.3 is 0 Å². The van der Waals surface area contributed by atoms with Gasteiger partial charge in [-0.1, -0.05) is 23.2 Å². The number of piperidine rings is 1. The van der Waals surface area contributed by atoms with Gasteiger partial charge in [-0.25, -0.2) is 0 Å². The van der Waals surface area contributed by atoms with Gasteiger partial charge in [-0.05, 0) is 48.9 Å². The highest BCUT2D eigenvalue weighted by molar-refractivity contribution is 6.33. The largest absolute Gasteiger partial charge is 0.383 e. The monoisotopic (exact) mass is 358 g/mol. The van der Waals surface area contributed by atoms with E-state index in [4.69, 9.17) is 27.9 Å². The number of benzene rings is 1. The van der Waals surface area contributed by atoms with Gasteiger partial charge < -0.3 is 15.0 Å². The lowest BCUT2D eigenvalue weighted by molar-refractivity contribution is -0.131. The van der Waals surface area contributed by atoms with Crippen LogP contribution < -0.4 is 5.32 Å². The maximum Gasteiger partial charge on any atom is 0.236 e. The molecule has 4 nitrogen and oxygen atoms in total. The first-order valence-electron chi connectivity index (χ1n) is 8.01. The molecule has 1 aromatic carbocycles. The van der Waals surface area contributed by atoms with Crippen molar-refractivity contribution in [3.05, 3.63) is 33.8 Å². The number of nitrogens with zero attached hydrogens (tertiary/aromatic N) is 1. The number of ether oxygens (including phenoxy) is 1. The van der Waals surface area contributed by atoms with Crippen molar-refractivity contribution in [1.82, 2.24) is 10.2 Å². The minimum absolute atomic E-state index is 0.167. The van der Waals surface area contributed by atoms with Crippen molar-refractivity contribution in [3.63, 3.8) is 0 Å². The number of halogens is 2. The normalized spacial score (nSPS) is 15.9. The van der Waals surface area contributed by atoms with E-state index in [0.29, 0.717) is 25.6 Å². The van der Waals surface area contributed by atoms with E-state index < -0.39 is 0 Å². The summed E-state index contributed by atoms with van der Waals surface area (Å²) in [6.45, 7) is 3.33. The molecular weight excluding hydrogens is 335 g/mol. The van der Waals surface area contributed by atoms with Crippen molar-refractivity contribution in [3.8, 4) is 0 Å². The van der Waals surface area contributed by atoms with Crippen LogP contribution in [0.3, 0.4) is 0 Å². The van der Waals surface area contributed by atoms with Crippen molar-refractivity contribution in [2.45, 2.75) is 19.3 Å². The molecule has 0 aromatic heterocycles. The maximum absolute atomic E-state index is 12.1.